The molecule has 130 valence electrons. The molecule has 9 heteroatoms. The summed E-state index contributed by atoms with van der Waals surface area (Å²) < 4.78 is 16.2. The highest BCUT2D eigenvalue weighted by atomic mass is 35.7. The molecule has 1 atom stereocenters. The summed E-state index contributed by atoms with van der Waals surface area (Å²) in [4.78, 5) is 11.9. The van der Waals surface area contributed by atoms with Gasteiger partial charge in [-0.25, -0.2) is 4.21 Å². The van der Waals surface area contributed by atoms with Gasteiger partial charge in [0.05, 0.1) is 0 Å². The molecule has 1 unspecified atom stereocenters. The predicted octanol–water partition coefficient (Wildman–Crippen LogP) is 3.08. The molecule has 23 heavy (non-hydrogen) atoms. The van der Waals surface area contributed by atoms with E-state index in [1.165, 1.54) is 11.4 Å². The zero-order valence-corrected chi connectivity index (χ0v) is 15.8. The van der Waals surface area contributed by atoms with Crippen molar-refractivity contribution in [2.45, 2.75) is 0 Å². The third-order valence-electron chi connectivity index (χ3n) is 2.36. The summed E-state index contributed by atoms with van der Waals surface area (Å²) >= 11 is 0. The maximum absolute atomic E-state index is 8.88. The molecule has 0 bridgehead atoms. The van der Waals surface area contributed by atoms with Gasteiger partial charge in [0, 0.05) is 75.0 Å². The molecule has 0 amide bonds. The average Bonchev–Trinajstić information content (AvgIpc) is 2.49. The Morgan fingerprint density at radius 2 is 1.09 bits per heavy atom. The van der Waals surface area contributed by atoms with E-state index in [0.717, 1.165) is 0 Å². The first-order chi connectivity index (χ1) is 10.3. The van der Waals surface area contributed by atoms with Gasteiger partial charge in [-0.2, -0.15) is 0 Å². The van der Waals surface area contributed by atoms with Crippen LogP contribution in [0, 0.1) is 0 Å². The van der Waals surface area contributed by atoms with Crippen molar-refractivity contribution in [3.8, 4) is 0 Å². The Bertz CT molecular complexity index is 483. The van der Waals surface area contributed by atoms with Gasteiger partial charge in [-0.3, -0.25) is 14.5 Å². The average molecular weight is 381 g/mol. The fourth-order valence-electron chi connectivity index (χ4n) is 1.28. The lowest BCUT2D eigenvalue weighted by Crippen LogP contribution is -2.07. The summed E-state index contributed by atoms with van der Waals surface area (Å²) in [6.07, 6.45) is 7.15. The van der Waals surface area contributed by atoms with Gasteiger partial charge in [-0.05, 0) is 24.3 Å². The van der Waals surface area contributed by atoms with Crippen molar-refractivity contribution in [2.24, 2.45) is 0 Å². The van der Waals surface area contributed by atoms with Crippen LogP contribution >= 0.6 is 23.1 Å². The molecule has 6 nitrogen and oxygen atoms in total. The van der Waals surface area contributed by atoms with E-state index in [9.17, 15) is 0 Å². The second kappa shape index (κ2) is 14.2. The molecule has 2 heterocycles. The molecule has 0 spiro atoms. The summed E-state index contributed by atoms with van der Waals surface area (Å²) in [6.45, 7) is 0. The first-order valence-corrected chi connectivity index (χ1v) is 8.19. The van der Waals surface area contributed by atoms with Crippen molar-refractivity contribution < 1.29 is 8.76 Å². The summed E-state index contributed by atoms with van der Waals surface area (Å²) in [7, 11) is 10.2. The number of rotatable bonds is 2. The number of hydrogen-bond donors (Lipinski definition) is 1. The Kier molecular flexibility index (Phi) is 14.7. The van der Waals surface area contributed by atoms with Gasteiger partial charge in [0.25, 0.3) is 10.3 Å². The molecule has 2 rings (SSSR count). The molecule has 0 aliphatic rings. The molecule has 0 aromatic carbocycles. The van der Waals surface area contributed by atoms with E-state index in [0.29, 0.717) is 0 Å². The lowest BCUT2D eigenvalue weighted by atomic mass is 10.4. The summed E-state index contributed by atoms with van der Waals surface area (Å²) in [5.41, 5.74) is 2.37. The number of hydrogen-bond acceptors (Lipinski definition) is 5. The number of aromatic nitrogens is 2. The summed E-state index contributed by atoms with van der Waals surface area (Å²) in [6, 6.07) is 7.89. The maximum atomic E-state index is 8.88. The molecular weight excluding hydrogens is 359 g/mol. The molecule has 0 radical (unpaired) electrons. The first kappa shape index (κ1) is 23.9. The van der Waals surface area contributed by atoms with Gasteiger partial charge in [0.1, 0.15) is 0 Å². The normalized spacial score (nSPS) is 9.83. The van der Waals surface area contributed by atoms with Crippen LogP contribution in [0.3, 0.4) is 0 Å². The topological polar surface area (TPSA) is 69.6 Å². The van der Waals surface area contributed by atoms with Crippen LogP contribution in [-0.2, 0) is 10.3 Å². The Labute approximate surface area is 150 Å². The minimum Gasteiger partial charge on any atom is -0.378 e. The summed E-state index contributed by atoms with van der Waals surface area (Å²) in [5, 5.41) is 0. The predicted molar refractivity (Wildman–Crippen MR) is 101 cm³/mol. The van der Waals surface area contributed by atoms with E-state index in [2.05, 4.69) is 20.7 Å². The van der Waals surface area contributed by atoms with Crippen LogP contribution in [0.4, 0.5) is 11.4 Å². The number of nitrogens with zero attached hydrogens (tertiary/aromatic N) is 4. The minimum atomic E-state index is -2.14. The van der Waals surface area contributed by atoms with Gasteiger partial charge in [0.2, 0.25) is 0 Å². The zero-order chi connectivity index (χ0) is 17.0. The standard InChI is InChI=1S/2C7H10N2.ClHO2S.ClH/c2*1-9(2)7-3-5-8-6-4-7;1-4(2)3;/h2*3-6H,1-2H3;(H,2,3);1H. The zero-order valence-electron chi connectivity index (χ0n) is 13.5. The van der Waals surface area contributed by atoms with E-state index in [4.69, 9.17) is 8.76 Å². The van der Waals surface area contributed by atoms with E-state index in [1.54, 1.807) is 24.8 Å². The van der Waals surface area contributed by atoms with E-state index < -0.39 is 10.3 Å². The van der Waals surface area contributed by atoms with Crippen molar-refractivity contribution in [2.75, 3.05) is 38.0 Å². The van der Waals surface area contributed by atoms with Crippen molar-refractivity contribution >= 4 is 44.8 Å². The highest BCUT2D eigenvalue weighted by Gasteiger charge is 1.89. The Hall–Kier alpha value is -1.41. The van der Waals surface area contributed by atoms with Crippen LogP contribution in [0.1, 0.15) is 0 Å². The van der Waals surface area contributed by atoms with Gasteiger partial charge in [-0.1, -0.05) is 0 Å². The fourth-order valence-corrected chi connectivity index (χ4v) is 1.28. The third-order valence-corrected chi connectivity index (χ3v) is 2.36. The van der Waals surface area contributed by atoms with Crippen LogP contribution in [0.5, 0.6) is 0 Å². The molecule has 1 N–H and O–H groups in total. The lowest BCUT2D eigenvalue weighted by Gasteiger charge is -2.10. The van der Waals surface area contributed by atoms with E-state index >= 15 is 0 Å². The molecule has 0 aliphatic heterocycles. The van der Waals surface area contributed by atoms with Crippen LogP contribution in [0.2, 0.25) is 0 Å². The SMILES string of the molecule is CN(C)c1ccncc1.CN(C)c1ccncc1.Cl.O=S(O)Cl. The molecule has 0 aliphatic carbocycles. The van der Waals surface area contributed by atoms with E-state index in [1.807, 2.05) is 62.3 Å². The molecule has 2 aromatic rings. The van der Waals surface area contributed by atoms with Crippen molar-refractivity contribution in [3.63, 3.8) is 0 Å². The quantitative estimate of drug-likeness (QED) is 0.637. The Morgan fingerprint density at radius 1 is 0.870 bits per heavy atom. The second-order valence-corrected chi connectivity index (χ2v) is 5.61. The van der Waals surface area contributed by atoms with Crippen LogP contribution in [0.25, 0.3) is 0 Å². The fraction of sp³-hybridized carbons (Fsp3) is 0.286. The highest BCUT2D eigenvalue weighted by molar-refractivity contribution is 8.03. The monoisotopic (exact) mass is 380 g/mol. The van der Waals surface area contributed by atoms with Crippen molar-refractivity contribution in [3.05, 3.63) is 49.1 Å². The van der Waals surface area contributed by atoms with Crippen LogP contribution in [0.15, 0.2) is 49.1 Å². The van der Waals surface area contributed by atoms with Crippen LogP contribution in [-0.4, -0.2) is 46.9 Å². The van der Waals surface area contributed by atoms with Crippen LogP contribution < -0.4 is 9.80 Å². The Morgan fingerprint density at radius 3 is 1.22 bits per heavy atom. The van der Waals surface area contributed by atoms with Gasteiger partial charge in [-0.15, -0.1) is 12.4 Å². The van der Waals surface area contributed by atoms with E-state index in [-0.39, 0.29) is 12.4 Å². The van der Waals surface area contributed by atoms with Gasteiger partial charge >= 0.3 is 0 Å². The second-order valence-electron chi connectivity index (χ2n) is 4.41. The smallest absolute Gasteiger partial charge is 0.253 e. The molecule has 0 saturated heterocycles. The number of halogens is 2. The van der Waals surface area contributed by atoms with Gasteiger partial charge < -0.3 is 9.80 Å². The molecule has 2 aromatic heterocycles. The molecule has 0 saturated carbocycles. The van der Waals surface area contributed by atoms with Crippen molar-refractivity contribution in [1.29, 1.82) is 0 Å². The highest BCUT2D eigenvalue weighted by Crippen LogP contribution is 2.06. The first-order valence-electron chi connectivity index (χ1n) is 6.26. The third kappa shape index (κ3) is 13.9. The maximum Gasteiger partial charge on any atom is 0.253 e. The van der Waals surface area contributed by atoms with Crippen molar-refractivity contribution in [1.82, 2.24) is 9.97 Å². The lowest BCUT2D eigenvalue weighted by molar-refractivity contribution is 0.580. The molecule has 0 fully saturated rings. The minimum absolute atomic E-state index is 0. The number of pyridine rings is 2. The Balaban J connectivity index is 0. The van der Waals surface area contributed by atoms with Gasteiger partial charge in [0.15, 0.2) is 0 Å². The summed E-state index contributed by atoms with van der Waals surface area (Å²) in [5.74, 6) is 0. The molecular formula is C14H22Cl2N4O2S. The largest absolute Gasteiger partial charge is 0.378 e. The number of anilines is 2.